The molecule has 1 N–H and O–H groups in total. The number of hydrogen-bond donors (Lipinski definition) is 1. The second-order valence-electron chi connectivity index (χ2n) is 6.93. The van der Waals surface area contributed by atoms with Crippen molar-refractivity contribution in [2.75, 3.05) is 20.2 Å². The normalized spacial score (nSPS) is 27.2. The van der Waals surface area contributed by atoms with Crippen LogP contribution in [0.25, 0.3) is 0 Å². The van der Waals surface area contributed by atoms with Gasteiger partial charge in [0.25, 0.3) is 5.91 Å². The number of amides is 1. The van der Waals surface area contributed by atoms with E-state index in [0.717, 1.165) is 13.1 Å². The molecule has 2 aromatic rings. The van der Waals surface area contributed by atoms with E-state index in [2.05, 4.69) is 21.5 Å². The Morgan fingerprint density at radius 1 is 1.27 bits per heavy atom. The van der Waals surface area contributed by atoms with Crippen LogP contribution >= 0.6 is 11.5 Å². The molecule has 0 radical (unpaired) electrons. The molecule has 0 unspecified atom stereocenters. The van der Waals surface area contributed by atoms with Crippen molar-refractivity contribution in [3.63, 3.8) is 0 Å². The van der Waals surface area contributed by atoms with E-state index in [4.69, 9.17) is 9.47 Å². The lowest BCUT2D eigenvalue weighted by atomic mass is 9.79. The fourth-order valence-electron chi connectivity index (χ4n) is 3.96. The van der Waals surface area contributed by atoms with Gasteiger partial charge in [-0.25, -0.2) is 0 Å². The largest absolute Gasteiger partial charge is 0.486 e. The van der Waals surface area contributed by atoms with E-state index in [9.17, 15) is 4.79 Å². The first kappa shape index (κ1) is 17.3. The highest BCUT2D eigenvalue weighted by Gasteiger charge is 2.40. The van der Waals surface area contributed by atoms with Gasteiger partial charge in [0.2, 0.25) is 5.88 Å². The van der Waals surface area contributed by atoms with E-state index >= 15 is 0 Å². The summed E-state index contributed by atoms with van der Waals surface area (Å²) in [6, 6.07) is 9.55. The Hall–Kier alpha value is -2.12. The molecule has 7 heteroatoms. The van der Waals surface area contributed by atoms with Gasteiger partial charge in [-0.3, -0.25) is 9.69 Å². The van der Waals surface area contributed by atoms with Crippen molar-refractivity contribution in [1.29, 1.82) is 0 Å². The van der Waals surface area contributed by atoms with Crippen LogP contribution in [0.4, 0.5) is 0 Å². The topological polar surface area (TPSA) is 63.7 Å². The number of fused-ring (bicyclic) bond motifs is 3. The van der Waals surface area contributed by atoms with E-state index in [1.165, 1.54) is 24.4 Å². The number of methoxy groups -OCH3 is 1. The van der Waals surface area contributed by atoms with Crippen LogP contribution in [0, 0.1) is 5.92 Å². The standard InChI is InChI=1S/C19H23N3O3S/c1-12-18(13-7-9-22(12)10-8-13)20-19(23)14-3-5-15(6-4-14)25-16-11-17(24-2)26-21-16/h3-6,11-13,18H,7-10H2,1-2H3,(H,20,23)/t12-,18+/m1/s1. The highest BCUT2D eigenvalue weighted by Crippen LogP contribution is 2.32. The lowest BCUT2D eigenvalue weighted by Gasteiger charge is -2.49. The third-order valence-electron chi connectivity index (χ3n) is 5.48. The van der Waals surface area contributed by atoms with Crippen molar-refractivity contribution in [3.05, 3.63) is 35.9 Å². The first-order chi connectivity index (χ1) is 12.6. The molecular formula is C19H23N3O3S. The number of nitrogens with one attached hydrogen (secondary N) is 1. The van der Waals surface area contributed by atoms with Crippen LogP contribution in [-0.2, 0) is 0 Å². The van der Waals surface area contributed by atoms with Crippen LogP contribution < -0.4 is 14.8 Å². The summed E-state index contributed by atoms with van der Waals surface area (Å²) in [6.07, 6.45) is 2.36. The van der Waals surface area contributed by atoms with Gasteiger partial charge in [-0.05, 0) is 63.0 Å². The van der Waals surface area contributed by atoms with E-state index in [1.807, 2.05) is 0 Å². The summed E-state index contributed by atoms with van der Waals surface area (Å²) in [5, 5.41) is 3.94. The summed E-state index contributed by atoms with van der Waals surface area (Å²) >= 11 is 1.24. The van der Waals surface area contributed by atoms with Crippen LogP contribution in [-0.4, -0.2) is 47.5 Å². The third kappa shape index (κ3) is 3.41. The minimum Gasteiger partial charge on any atom is -0.486 e. The Balaban J connectivity index is 1.39. The summed E-state index contributed by atoms with van der Waals surface area (Å²) < 4.78 is 14.9. The molecule has 0 saturated carbocycles. The zero-order chi connectivity index (χ0) is 18.1. The molecule has 3 fully saturated rings. The van der Waals surface area contributed by atoms with Crippen LogP contribution in [0.2, 0.25) is 0 Å². The van der Waals surface area contributed by atoms with Crippen molar-refractivity contribution in [1.82, 2.24) is 14.6 Å². The first-order valence-corrected chi connectivity index (χ1v) is 9.75. The van der Waals surface area contributed by atoms with Crippen LogP contribution in [0.5, 0.6) is 16.7 Å². The monoisotopic (exact) mass is 373 g/mol. The Morgan fingerprint density at radius 3 is 2.62 bits per heavy atom. The Labute approximate surface area is 157 Å². The lowest BCUT2D eigenvalue weighted by molar-refractivity contribution is 0.0217. The van der Waals surface area contributed by atoms with E-state index in [0.29, 0.717) is 34.2 Å². The molecule has 3 aliphatic heterocycles. The van der Waals surface area contributed by atoms with Gasteiger partial charge in [0.05, 0.1) is 13.2 Å². The highest BCUT2D eigenvalue weighted by atomic mass is 32.1. The fraction of sp³-hybridized carbons (Fsp3) is 0.474. The molecule has 2 atom stereocenters. The van der Waals surface area contributed by atoms with E-state index in [1.54, 1.807) is 37.4 Å². The van der Waals surface area contributed by atoms with Crippen molar-refractivity contribution in [3.8, 4) is 16.7 Å². The maximum atomic E-state index is 12.6. The molecular weight excluding hydrogens is 350 g/mol. The van der Waals surface area contributed by atoms with Gasteiger partial charge < -0.3 is 14.8 Å². The highest BCUT2D eigenvalue weighted by molar-refractivity contribution is 7.07. The molecule has 3 aliphatic rings. The number of nitrogens with zero attached hydrogens (tertiary/aromatic N) is 2. The quantitative estimate of drug-likeness (QED) is 0.872. The van der Waals surface area contributed by atoms with Gasteiger partial charge in [-0.1, -0.05) is 0 Å². The molecule has 4 heterocycles. The number of hydrogen-bond acceptors (Lipinski definition) is 6. The predicted octanol–water partition coefficient (Wildman–Crippen LogP) is 3.16. The van der Waals surface area contributed by atoms with Gasteiger partial charge >= 0.3 is 0 Å². The number of carbonyl (C=O) groups is 1. The van der Waals surface area contributed by atoms with Crippen molar-refractivity contribution < 1.29 is 14.3 Å². The number of benzene rings is 1. The molecule has 3 saturated heterocycles. The Morgan fingerprint density at radius 2 is 2.00 bits per heavy atom. The summed E-state index contributed by atoms with van der Waals surface area (Å²) in [5.41, 5.74) is 0.650. The van der Waals surface area contributed by atoms with E-state index < -0.39 is 0 Å². The fourth-order valence-corrected chi connectivity index (χ4v) is 4.46. The summed E-state index contributed by atoms with van der Waals surface area (Å²) in [7, 11) is 1.60. The molecule has 6 nitrogen and oxygen atoms in total. The minimum absolute atomic E-state index is 0.0162. The smallest absolute Gasteiger partial charge is 0.251 e. The minimum atomic E-state index is -0.0162. The molecule has 1 aromatic heterocycles. The van der Waals surface area contributed by atoms with Gasteiger partial charge in [0, 0.05) is 29.2 Å². The number of piperidine rings is 3. The first-order valence-electron chi connectivity index (χ1n) is 8.97. The molecule has 0 spiro atoms. The third-order valence-corrected chi connectivity index (χ3v) is 6.22. The number of carbonyl (C=O) groups excluding carboxylic acids is 1. The molecule has 2 bridgehead atoms. The van der Waals surface area contributed by atoms with Crippen LogP contribution in [0.1, 0.15) is 30.1 Å². The van der Waals surface area contributed by atoms with Gasteiger partial charge in [0.1, 0.15) is 5.75 Å². The van der Waals surface area contributed by atoms with Gasteiger partial charge in [-0.2, -0.15) is 4.37 Å². The van der Waals surface area contributed by atoms with Gasteiger partial charge in [0.15, 0.2) is 5.06 Å². The van der Waals surface area contributed by atoms with Crippen molar-refractivity contribution in [2.45, 2.75) is 31.8 Å². The Bertz CT molecular complexity index is 767. The second-order valence-corrected chi connectivity index (χ2v) is 7.70. The number of ether oxygens (including phenoxy) is 2. The zero-order valence-electron chi connectivity index (χ0n) is 15.0. The molecule has 138 valence electrons. The number of rotatable bonds is 5. The summed E-state index contributed by atoms with van der Waals surface area (Å²) in [4.78, 5) is 15.1. The van der Waals surface area contributed by atoms with Crippen molar-refractivity contribution in [2.24, 2.45) is 5.92 Å². The second kappa shape index (κ2) is 7.25. The molecule has 1 aromatic carbocycles. The Kier molecular flexibility index (Phi) is 4.82. The average molecular weight is 373 g/mol. The maximum absolute atomic E-state index is 12.6. The average Bonchev–Trinajstić information content (AvgIpc) is 3.13. The zero-order valence-corrected chi connectivity index (χ0v) is 15.8. The van der Waals surface area contributed by atoms with Crippen LogP contribution in [0.15, 0.2) is 30.3 Å². The summed E-state index contributed by atoms with van der Waals surface area (Å²) in [5.74, 6) is 1.72. The SMILES string of the molecule is COc1cc(Oc2ccc(C(=O)N[C@@H]3C4CCN(CC4)[C@@H]3C)cc2)ns1. The predicted molar refractivity (Wildman–Crippen MR) is 100 cm³/mol. The molecule has 26 heavy (non-hydrogen) atoms. The van der Waals surface area contributed by atoms with E-state index in [-0.39, 0.29) is 11.9 Å². The maximum Gasteiger partial charge on any atom is 0.251 e. The van der Waals surface area contributed by atoms with Crippen LogP contribution in [0.3, 0.4) is 0 Å². The van der Waals surface area contributed by atoms with Gasteiger partial charge in [-0.15, -0.1) is 0 Å². The molecule has 1 amide bonds. The number of aromatic nitrogens is 1. The molecule has 5 rings (SSSR count). The van der Waals surface area contributed by atoms with Crippen molar-refractivity contribution >= 4 is 17.4 Å². The summed E-state index contributed by atoms with van der Waals surface area (Å²) in [6.45, 7) is 4.53. The molecule has 0 aliphatic carbocycles. The lowest BCUT2D eigenvalue weighted by Crippen LogP contribution is -2.62.